The molecule has 0 atom stereocenters. The van der Waals surface area contributed by atoms with Crippen LogP contribution in [0.4, 0.5) is 5.00 Å². The normalized spacial score (nSPS) is 10.7. The van der Waals surface area contributed by atoms with Crippen molar-refractivity contribution in [1.82, 2.24) is 4.57 Å². The van der Waals surface area contributed by atoms with Crippen molar-refractivity contribution in [2.75, 3.05) is 5.32 Å². The lowest BCUT2D eigenvalue weighted by atomic mass is 10.1. The van der Waals surface area contributed by atoms with Crippen molar-refractivity contribution in [2.24, 2.45) is 7.05 Å². The average Bonchev–Trinajstić information content (AvgIpc) is 2.90. The number of carbonyl (C=O) groups is 2. The van der Waals surface area contributed by atoms with Gasteiger partial charge in [0, 0.05) is 17.6 Å². The largest absolute Gasteiger partial charge is 0.478 e. The highest BCUT2D eigenvalue weighted by molar-refractivity contribution is 7.16. The number of thiophene rings is 1. The van der Waals surface area contributed by atoms with Crippen LogP contribution in [0.15, 0.2) is 12.1 Å². The zero-order valence-corrected chi connectivity index (χ0v) is 13.3. The van der Waals surface area contributed by atoms with Gasteiger partial charge in [0.25, 0.3) is 5.91 Å². The summed E-state index contributed by atoms with van der Waals surface area (Å²) in [4.78, 5) is 24.7. The van der Waals surface area contributed by atoms with E-state index in [1.54, 1.807) is 17.7 Å². The van der Waals surface area contributed by atoms with E-state index in [4.69, 9.17) is 0 Å². The van der Waals surface area contributed by atoms with Gasteiger partial charge >= 0.3 is 5.97 Å². The first kappa shape index (κ1) is 15.3. The Morgan fingerprint density at radius 3 is 2.48 bits per heavy atom. The first-order valence-corrected chi connectivity index (χ1v) is 7.47. The number of amides is 1. The van der Waals surface area contributed by atoms with E-state index in [1.807, 2.05) is 26.8 Å². The minimum Gasteiger partial charge on any atom is -0.478 e. The first-order valence-electron chi connectivity index (χ1n) is 6.66. The van der Waals surface area contributed by atoms with Gasteiger partial charge in [0.1, 0.15) is 10.7 Å². The number of aromatic carboxylic acids is 1. The van der Waals surface area contributed by atoms with Crippen molar-refractivity contribution in [3.05, 3.63) is 39.5 Å². The highest BCUT2D eigenvalue weighted by Gasteiger charge is 2.22. The molecule has 2 heterocycles. The predicted molar refractivity (Wildman–Crippen MR) is 83.5 cm³/mol. The Balaban J connectivity index is 2.38. The Morgan fingerprint density at radius 2 is 2.00 bits per heavy atom. The summed E-state index contributed by atoms with van der Waals surface area (Å²) in [5, 5.41) is 12.5. The molecule has 0 unspecified atom stereocenters. The van der Waals surface area contributed by atoms with Crippen molar-refractivity contribution in [3.8, 4) is 0 Å². The Morgan fingerprint density at radius 1 is 1.33 bits per heavy atom. The average molecular weight is 306 g/mol. The molecule has 2 rings (SSSR count). The van der Waals surface area contributed by atoms with Crippen LogP contribution in [0.3, 0.4) is 0 Å². The Kier molecular flexibility index (Phi) is 4.18. The molecule has 6 heteroatoms. The highest BCUT2D eigenvalue weighted by atomic mass is 32.1. The van der Waals surface area contributed by atoms with Crippen molar-refractivity contribution in [3.63, 3.8) is 0 Å². The van der Waals surface area contributed by atoms with E-state index in [1.165, 1.54) is 11.3 Å². The summed E-state index contributed by atoms with van der Waals surface area (Å²) >= 11 is 1.31. The molecule has 0 radical (unpaired) electrons. The molecule has 0 spiro atoms. The zero-order chi connectivity index (χ0) is 15.7. The SMILES string of the molecule is CCc1c(C)sc(NC(=O)c2ccc(C)n2C)c1C(=O)O. The van der Waals surface area contributed by atoms with Gasteiger partial charge in [0.15, 0.2) is 0 Å². The van der Waals surface area contributed by atoms with Gasteiger partial charge in [-0.15, -0.1) is 11.3 Å². The molecular formula is C15H18N2O3S. The number of nitrogens with one attached hydrogen (secondary N) is 1. The van der Waals surface area contributed by atoms with Crippen LogP contribution >= 0.6 is 11.3 Å². The Labute approximate surface area is 127 Å². The standard InChI is InChI=1S/C15H18N2O3S/c1-5-10-9(3)21-14(12(10)15(19)20)16-13(18)11-7-6-8(2)17(11)4/h6-7H,5H2,1-4H3,(H,16,18)(H,19,20). The maximum Gasteiger partial charge on any atom is 0.339 e. The smallest absolute Gasteiger partial charge is 0.339 e. The van der Waals surface area contributed by atoms with Crippen LogP contribution in [0, 0.1) is 13.8 Å². The zero-order valence-electron chi connectivity index (χ0n) is 12.5. The van der Waals surface area contributed by atoms with Gasteiger partial charge in [-0.1, -0.05) is 6.92 Å². The summed E-state index contributed by atoms with van der Waals surface area (Å²) in [5.41, 5.74) is 2.47. The highest BCUT2D eigenvalue weighted by Crippen LogP contribution is 2.33. The number of aromatic nitrogens is 1. The monoisotopic (exact) mass is 306 g/mol. The number of rotatable bonds is 4. The third-order valence-corrected chi connectivity index (χ3v) is 4.67. The third kappa shape index (κ3) is 2.71. The van der Waals surface area contributed by atoms with Crippen molar-refractivity contribution in [1.29, 1.82) is 0 Å². The van der Waals surface area contributed by atoms with E-state index >= 15 is 0 Å². The lowest BCUT2D eigenvalue weighted by molar-refractivity contribution is 0.0697. The van der Waals surface area contributed by atoms with E-state index in [9.17, 15) is 14.7 Å². The van der Waals surface area contributed by atoms with Gasteiger partial charge < -0.3 is 15.0 Å². The maximum atomic E-state index is 12.3. The second kappa shape index (κ2) is 5.73. The molecule has 0 aliphatic heterocycles. The maximum absolute atomic E-state index is 12.3. The molecule has 112 valence electrons. The van der Waals surface area contributed by atoms with Crippen LogP contribution in [-0.4, -0.2) is 21.6 Å². The summed E-state index contributed by atoms with van der Waals surface area (Å²) in [6.45, 7) is 5.69. The fourth-order valence-corrected chi connectivity index (χ4v) is 3.46. The van der Waals surface area contributed by atoms with Gasteiger partial charge in [0.2, 0.25) is 0 Å². The van der Waals surface area contributed by atoms with Crippen LogP contribution in [0.25, 0.3) is 0 Å². The van der Waals surface area contributed by atoms with E-state index < -0.39 is 5.97 Å². The summed E-state index contributed by atoms with van der Waals surface area (Å²) in [5.74, 6) is -1.30. The minimum absolute atomic E-state index is 0.208. The van der Waals surface area contributed by atoms with Crippen LogP contribution < -0.4 is 5.32 Å². The topological polar surface area (TPSA) is 71.3 Å². The predicted octanol–water partition coefficient (Wildman–Crippen LogP) is 3.22. The van der Waals surface area contributed by atoms with Crippen LogP contribution in [0.5, 0.6) is 0 Å². The molecule has 0 aliphatic carbocycles. The molecule has 0 fully saturated rings. The second-order valence-electron chi connectivity index (χ2n) is 4.87. The van der Waals surface area contributed by atoms with Crippen molar-refractivity contribution < 1.29 is 14.7 Å². The number of hydrogen-bond donors (Lipinski definition) is 2. The van der Waals surface area contributed by atoms with E-state index in [0.29, 0.717) is 17.1 Å². The number of aryl methyl sites for hydroxylation is 2. The molecule has 2 N–H and O–H groups in total. The number of hydrogen-bond acceptors (Lipinski definition) is 3. The number of carbonyl (C=O) groups excluding carboxylic acids is 1. The van der Waals surface area contributed by atoms with Gasteiger partial charge in [-0.3, -0.25) is 4.79 Å². The number of anilines is 1. The van der Waals surface area contributed by atoms with Gasteiger partial charge in [-0.2, -0.15) is 0 Å². The van der Waals surface area contributed by atoms with Crippen LogP contribution in [0.2, 0.25) is 0 Å². The Bertz CT molecular complexity index is 713. The molecule has 2 aromatic heterocycles. The molecule has 21 heavy (non-hydrogen) atoms. The third-order valence-electron chi connectivity index (χ3n) is 3.61. The lowest BCUT2D eigenvalue weighted by Crippen LogP contribution is -2.17. The van der Waals surface area contributed by atoms with Gasteiger partial charge in [-0.25, -0.2) is 4.79 Å². The summed E-state index contributed by atoms with van der Waals surface area (Å²) in [7, 11) is 1.81. The molecule has 0 aromatic carbocycles. The molecule has 2 aromatic rings. The molecule has 1 amide bonds. The fraction of sp³-hybridized carbons (Fsp3) is 0.333. The molecule has 0 saturated heterocycles. The quantitative estimate of drug-likeness (QED) is 0.911. The number of carboxylic acids is 1. The summed E-state index contributed by atoms with van der Waals surface area (Å²) in [6, 6.07) is 3.58. The first-order chi connectivity index (χ1) is 9.86. The summed E-state index contributed by atoms with van der Waals surface area (Å²) < 4.78 is 1.77. The van der Waals surface area contributed by atoms with Gasteiger partial charge in [0.05, 0.1) is 5.56 Å². The van der Waals surface area contributed by atoms with E-state index in [-0.39, 0.29) is 11.5 Å². The minimum atomic E-state index is -1.01. The Hall–Kier alpha value is -2.08. The molecular weight excluding hydrogens is 288 g/mol. The van der Waals surface area contributed by atoms with Crippen LogP contribution in [-0.2, 0) is 13.5 Å². The van der Waals surface area contributed by atoms with Gasteiger partial charge in [-0.05, 0) is 38.0 Å². The summed E-state index contributed by atoms with van der Waals surface area (Å²) in [6.07, 6.45) is 0.628. The number of carboxylic acid groups (broad SMARTS) is 1. The molecule has 0 aliphatic rings. The van der Waals surface area contributed by atoms with Crippen molar-refractivity contribution >= 4 is 28.2 Å². The molecule has 0 bridgehead atoms. The van der Waals surface area contributed by atoms with E-state index in [0.717, 1.165) is 16.1 Å². The van der Waals surface area contributed by atoms with Crippen LogP contribution in [0.1, 0.15) is 43.9 Å². The lowest BCUT2D eigenvalue weighted by Gasteiger charge is -2.07. The number of nitrogens with zero attached hydrogens (tertiary/aromatic N) is 1. The fourth-order valence-electron chi connectivity index (χ4n) is 2.33. The van der Waals surface area contributed by atoms with Crippen molar-refractivity contribution in [2.45, 2.75) is 27.2 Å². The van der Waals surface area contributed by atoms with E-state index in [2.05, 4.69) is 5.32 Å². The molecule has 0 saturated carbocycles. The molecule has 5 nitrogen and oxygen atoms in total. The second-order valence-corrected chi connectivity index (χ2v) is 6.10.